The molecule has 0 saturated carbocycles. The third-order valence-electron chi connectivity index (χ3n) is 4.52. The minimum atomic E-state index is -3.83. The van der Waals surface area contributed by atoms with E-state index in [0.29, 0.717) is 13.1 Å². The lowest BCUT2D eigenvalue weighted by molar-refractivity contribution is 0.0788. The van der Waals surface area contributed by atoms with Crippen molar-refractivity contribution in [2.45, 2.75) is 17.7 Å². The molecule has 0 spiro atoms. The Morgan fingerprint density at radius 1 is 1.08 bits per heavy atom. The molecule has 1 amide bonds. The molecule has 0 bridgehead atoms. The van der Waals surface area contributed by atoms with E-state index in [0.717, 1.165) is 23.6 Å². The first kappa shape index (κ1) is 16.6. The number of H-pyrrole nitrogens is 1. The predicted octanol–water partition coefficient (Wildman–Crippen LogP) is 2.60. The Morgan fingerprint density at radius 3 is 2.58 bits per heavy atom. The third-order valence-corrected chi connectivity index (χ3v) is 5.89. The Labute approximate surface area is 151 Å². The monoisotopic (exact) mass is 370 g/mol. The van der Waals surface area contributed by atoms with E-state index < -0.39 is 10.0 Å². The summed E-state index contributed by atoms with van der Waals surface area (Å²) in [5.74, 6) is -0.240. The maximum absolute atomic E-state index is 12.8. The number of sulfonamides is 1. The highest BCUT2D eigenvalue weighted by Crippen LogP contribution is 2.23. The first-order valence-electron chi connectivity index (χ1n) is 8.39. The van der Waals surface area contributed by atoms with Crippen LogP contribution in [0, 0.1) is 0 Å². The molecule has 3 aromatic rings. The molecule has 2 aromatic carbocycles. The van der Waals surface area contributed by atoms with E-state index >= 15 is 0 Å². The van der Waals surface area contributed by atoms with Gasteiger partial charge in [0.05, 0.1) is 16.8 Å². The number of benzene rings is 2. The molecular formula is C18H18N4O3S. The molecule has 1 aliphatic rings. The Bertz CT molecular complexity index is 1070. The van der Waals surface area contributed by atoms with Gasteiger partial charge in [0.1, 0.15) is 5.69 Å². The van der Waals surface area contributed by atoms with Crippen LogP contribution in [0.3, 0.4) is 0 Å². The summed E-state index contributed by atoms with van der Waals surface area (Å²) >= 11 is 0. The standard InChI is InChI=1S/C18H18N4O3S/c23-18(22-9-3-4-10-22)17-16(12-19-20-17)21-26(24,25)15-8-7-13-5-1-2-6-14(13)11-15/h1-2,5-8,11-12,21H,3-4,9-10H2,(H,19,20). The maximum Gasteiger partial charge on any atom is 0.274 e. The third kappa shape index (κ3) is 3.03. The van der Waals surface area contributed by atoms with Crippen LogP contribution >= 0.6 is 0 Å². The molecule has 1 aliphatic heterocycles. The quantitative estimate of drug-likeness (QED) is 0.738. The number of hydrogen-bond donors (Lipinski definition) is 2. The molecule has 0 aliphatic carbocycles. The van der Waals surface area contributed by atoms with E-state index in [1.54, 1.807) is 23.1 Å². The van der Waals surface area contributed by atoms with Crippen LogP contribution in [0.1, 0.15) is 23.3 Å². The second-order valence-electron chi connectivity index (χ2n) is 6.27. The van der Waals surface area contributed by atoms with Crippen molar-refractivity contribution >= 4 is 32.4 Å². The van der Waals surface area contributed by atoms with Gasteiger partial charge in [-0.2, -0.15) is 5.10 Å². The van der Waals surface area contributed by atoms with Gasteiger partial charge in [0.2, 0.25) is 0 Å². The van der Waals surface area contributed by atoms with Gasteiger partial charge in [-0.25, -0.2) is 8.42 Å². The minimum Gasteiger partial charge on any atom is -0.337 e. The lowest BCUT2D eigenvalue weighted by Crippen LogP contribution is -2.29. The van der Waals surface area contributed by atoms with Crippen molar-refractivity contribution in [1.82, 2.24) is 15.1 Å². The highest BCUT2D eigenvalue weighted by atomic mass is 32.2. The van der Waals surface area contributed by atoms with Crippen LogP contribution in [-0.2, 0) is 10.0 Å². The zero-order chi connectivity index (χ0) is 18.1. The summed E-state index contributed by atoms with van der Waals surface area (Å²) in [6.45, 7) is 1.35. The summed E-state index contributed by atoms with van der Waals surface area (Å²) < 4.78 is 28.0. The summed E-state index contributed by atoms with van der Waals surface area (Å²) in [4.78, 5) is 14.4. The van der Waals surface area contributed by atoms with Crippen molar-refractivity contribution in [3.8, 4) is 0 Å². The van der Waals surface area contributed by atoms with Crippen molar-refractivity contribution in [2.75, 3.05) is 17.8 Å². The lowest BCUT2D eigenvalue weighted by Gasteiger charge is -2.15. The van der Waals surface area contributed by atoms with Crippen LogP contribution in [0.5, 0.6) is 0 Å². The Hall–Kier alpha value is -2.87. The van der Waals surface area contributed by atoms with Crippen LogP contribution in [0.2, 0.25) is 0 Å². The molecule has 8 heteroatoms. The number of amides is 1. The fourth-order valence-electron chi connectivity index (χ4n) is 3.14. The number of likely N-dealkylation sites (tertiary alicyclic amines) is 1. The van der Waals surface area contributed by atoms with E-state index in [2.05, 4.69) is 14.9 Å². The van der Waals surface area contributed by atoms with Gasteiger partial charge in [0, 0.05) is 13.1 Å². The SMILES string of the molecule is O=C(c1[nH]ncc1NS(=O)(=O)c1ccc2ccccc2c1)N1CCCC1. The number of fused-ring (bicyclic) bond motifs is 1. The van der Waals surface area contributed by atoms with Crippen molar-refractivity contribution < 1.29 is 13.2 Å². The Morgan fingerprint density at radius 2 is 1.81 bits per heavy atom. The van der Waals surface area contributed by atoms with Crippen LogP contribution in [-0.4, -0.2) is 42.5 Å². The highest BCUT2D eigenvalue weighted by molar-refractivity contribution is 7.92. The topological polar surface area (TPSA) is 95.2 Å². The molecular weight excluding hydrogens is 352 g/mol. The normalized spacial score (nSPS) is 14.7. The van der Waals surface area contributed by atoms with E-state index in [1.807, 2.05) is 24.3 Å². The molecule has 0 radical (unpaired) electrons. The smallest absolute Gasteiger partial charge is 0.274 e. The van der Waals surface area contributed by atoms with Crippen molar-refractivity contribution in [1.29, 1.82) is 0 Å². The first-order chi connectivity index (χ1) is 12.5. The number of rotatable bonds is 4. The molecule has 0 atom stereocenters. The van der Waals surface area contributed by atoms with Crippen molar-refractivity contribution in [3.05, 3.63) is 54.4 Å². The zero-order valence-corrected chi connectivity index (χ0v) is 14.8. The molecule has 1 saturated heterocycles. The van der Waals surface area contributed by atoms with Gasteiger partial charge in [-0.05, 0) is 35.7 Å². The lowest BCUT2D eigenvalue weighted by atomic mass is 10.1. The second-order valence-corrected chi connectivity index (χ2v) is 7.95. The van der Waals surface area contributed by atoms with Crippen LogP contribution in [0.4, 0.5) is 5.69 Å². The fraction of sp³-hybridized carbons (Fsp3) is 0.222. The van der Waals surface area contributed by atoms with E-state index in [9.17, 15) is 13.2 Å². The molecule has 2 heterocycles. The van der Waals surface area contributed by atoms with E-state index in [-0.39, 0.29) is 22.2 Å². The van der Waals surface area contributed by atoms with Gasteiger partial charge in [0.15, 0.2) is 0 Å². The number of nitrogens with one attached hydrogen (secondary N) is 2. The molecule has 7 nitrogen and oxygen atoms in total. The average molecular weight is 370 g/mol. The van der Waals surface area contributed by atoms with Gasteiger partial charge >= 0.3 is 0 Å². The molecule has 4 rings (SSSR count). The van der Waals surface area contributed by atoms with Crippen molar-refractivity contribution in [2.24, 2.45) is 0 Å². The van der Waals surface area contributed by atoms with Crippen LogP contribution < -0.4 is 4.72 Å². The van der Waals surface area contributed by atoms with Gasteiger partial charge in [-0.3, -0.25) is 14.6 Å². The molecule has 0 unspecified atom stereocenters. The van der Waals surface area contributed by atoms with Gasteiger partial charge in [0.25, 0.3) is 15.9 Å². The number of carbonyl (C=O) groups is 1. The minimum absolute atomic E-state index is 0.136. The number of nitrogens with zero attached hydrogens (tertiary/aromatic N) is 2. The van der Waals surface area contributed by atoms with Crippen LogP contribution in [0.25, 0.3) is 10.8 Å². The van der Waals surface area contributed by atoms with E-state index in [1.165, 1.54) is 6.20 Å². The number of aromatic nitrogens is 2. The van der Waals surface area contributed by atoms with Gasteiger partial charge in [-0.1, -0.05) is 30.3 Å². The molecule has 134 valence electrons. The molecule has 2 N–H and O–H groups in total. The first-order valence-corrected chi connectivity index (χ1v) is 9.87. The summed E-state index contributed by atoms with van der Waals surface area (Å²) in [5, 5.41) is 8.25. The molecule has 1 aromatic heterocycles. The summed E-state index contributed by atoms with van der Waals surface area (Å²) in [6, 6.07) is 12.4. The Kier molecular flexibility index (Phi) is 4.12. The summed E-state index contributed by atoms with van der Waals surface area (Å²) in [6.07, 6.45) is 3.23. The Balaban J connectivity index is 1.63. The average Bonchev–Trinajstić information content (AvgIpc) is 3.32. The summed E-state index contributed by atoms with van der Waals surface area (Å²) in [5.41, 5.74) is 0.325. The second kappa shape index (κ2) is 6.45. The van der Waals surface area contributed by atoms with E-state index in [4.69, 9.17) is 0 Å². The van der Waals surface area contributed by atoms with Gasteiger partial charge in [-0.15, -0.1) is 0 Å². The predicted molar refractivity (Wildman–Crippen MR) is 98.5 cm³/mol. The maximum atomic E-state index is 12.8. The number of carbonyl (C=O) groups excluding carboxylic acids is 1. The number of hydrogen-bond acceptors (Lipinski definition) is 4. The number of anilines is 1. The molecule has 26 heavy (non-hydrogen) atoms. The fourth-order valence-corrected chi connectivity index (χ4v) is 4.23. The summed E-state index contributed by atoms with van der Waals surface area (Å²) in [7, 11) is -3.83. The molecule has 1 fully saturated rings. The highest BCUT2D eigenvalue weighted by Gasteiger charge is 2.25. The zero-order valence-electron chi connectivity index (χ0n) is 14.0. The number of aromatic amines is 1. The van der Waals surface area contributed by atoms with Gasteiger partial charge < -0.3 is 4.90 Å². The van der Waals surface area contributed by atoms with Crippen molar-refractivity contribution in [3.63, 3.8) is 0 Å². The van der Waals surface area contributed by atoms with Crippen LogP contribution in [0.15, 0.2) is 53.6 Å². The largest absolute Gasteiger partial charge is 0.337 e.